The molecule has 0 atom stereocenters. The van der Waals surface area contributed by atoms with Crippen LogP contribution in [0.2, 0.25) is 0 Å². The molecule has 1 N–H and O–H groups in total. The summed E-state index contributed by atoms with van der Waals surface area (Å²) in [5.41, 5.74) is 0.708. The van der Waals surface area contributed by atoms with E-state index in [-0.39, 0.29) is 0 Å². The Balaban J connectivity index is 2.90. The van der Waals surface area contributed by atoms with Crippen molar-refractivity contribution in [3.63, 3.8) is 0 Å². The standard InChI is InChI=1S/C15H20O4S/c1-3-18-13-7-5-6-12(8-9-14(16)17)15(13)19-10-11-20-4-2/h5-9H,3-4,10-11H2,1-2H3,(H,16,17)/b9-8+. The van der Waals surface area contributed by atoms with Gasteiger partial charge in [0, 0.05) is 17.4 Å². The van der Waals surface area contributed by atoms with E-state index < -0.39 is 5.97 Å². The number of rotatable bonds is 9. The Morgan fingerprint density at radius 3 is 2.80 bits per heavy atom. The number of carboxylic acids is 1. The second-order valence-electron chi connectivity index (χ2n) is 3.82. The van der Waals surface area contributed by atoms with Gasteiger partial charge in [-0.15, -0.1) is 0 Å². The van der Waals surface area contributed by atoms with Crippen molar-refractivity contribution < 1.29 is 19.4 Å². The van der Waals surface area contributed by atoms with Gasteiger partial charge in [0.1, 0.15) is 0 Å². The first kappa shape index (κ1) is 16.4. The molecule has 0 amide bonds. The van der Waals surface area contributed by atoms with Gasteiger partial charge in [-0.1, -0.05) is 19.1 Å². The second-order valence-corrected chi connectivity index (χ2v) is 5.22. The Morgan fingerprint density at radius 2 is 2.15 bits per heavy atom. The molecule has 1 rings (SSSR count). The third-order valence-corrected chi connectivity index (χ3v) is 3.26. The molecular formula is C15H20O4S. The first-order valence-electron chi connectivity index (χ1n) is 6.56. The van der Waals surface area contributed by atoms with Crippen molar-refractivity contribution in [3.8, 4) is 11.5 Å². The zero-order valence-electron chi connectivity index (χ0n) is 11.8. The molecule has 0 spiro atoms. The van der Waals surface area contributed by atoms with Gasteiger partial charge in [0.25, 0.3) is 0 Å². The van der Waals surface area contributed by atoms with Crippen molar-refractivity contribution in [2.75, 3.05) is 24.7 Å². The Labute approximate surface area is 123 Å². The number of benzene rings is 1. The highest BCUT2D eigenvalue weighted by molar-refractivity contribution is 7.99. The van der Waals surface area contributed by atoms with Gasteiger partial charge in [-0.3, -0.25) is 0 Å². The summed E-state index contributed by atoms with van der Waals surface area (Å²) < 4.78 is 11.3. The van der Waals surface area contributed by atoms with Gasteiger partial charge in [0.05, 0.1) is 13.2 Å². The predicted octanol–water partition coefficient (Wildman–Crippen LogP) is 3.32. The van der Waals surface area contributed by atoms with Crippen LogP contribution >= 0.6 is 11.8 Å². The molecule has 0 saturated heterocycles. The summed E-state index contributed by atoms with van der Waals surface area (Å²) in [4.78, 5) is 10.6. The molecular weight excluding hydrogens is 276 g/mol. The molecule has 0 aromatic heterocycles. The zero-order chi connectivity index (χ0) is 14.8. The molecule has 0 fully saturated rings. The minimum atomic E-state index is -0.987. The second kappa shape index (κ2) is 9.31. The number of carbonyl (C=O) groups is 1. The highest BCUT2D eigenvalue weighted by Gasteiger charge is 2.09. The molecule has 0 bridgehead atoms. The number of para-hydroxylation sites is 1. The number of ether oxygens (including phenoxy) is 2. The van der Waals surface area contributed by atoms with Crippen LogP contribution in [0.3, 0.4) is 0 Å². The molecule has 0 radical (unpaired) electrons. The van der Waals surface area contributed by atoms with Crippen LogP contribution in [-0.2, 0) is 4.79 Å². The molecule has 5 heteroatoms. The van der Waals surface area contributed by atoms with Crippen LogP contribution in [0.5, 0.6) is 11.5 Å². The van der Waals surface area contributed by atoms with Crippen LogP contribution < -0.4 is 9.47 Å². The average Bonchev–Trinajstić information content (AvgIpc) is 2.43. The lowest BCUT2D eigenvalue weighted by molar-refractivity contribution is -0.131. The van der Waals surface area contributed by atoms with Crippen LogP contribution in [0.25, 0.3) is 6.08 Å². The number of aliphatic carboxylic acids is 1. The van der Waals surface area contributed by atoms with Gasteiger partial charge in [0.2, 0.25) is 0 Å². The molecule has 0 unspecified atom stereocenters. The Kier molecular flexibility index (Phi) is 7.65. The van der Waals surface area contributed by atoms with Gasteiger partial charge in [-0.05, 0) is 24.8 Å². The molecule has 0 heterocycles. The highest BCUT2D eigenvalue weighted by atomic mass is 32.2. The first-order valence-corrected chi connectivity index (χ1v) is 7.71. The molecule has 0 aliphatic carbocycles. The van der Waals surface area contributed by atoms with E-state index in [1.807, 2.05) is 25.1 Å². The van der Waals surface area contributed by atoms with Crippen LogP contribution in [0.4, 0.5) is 0 Å². The fourth-order valence-electron chi connectivity index (χ4n) is 1.60. The maximum atomic E-state index is 10.6. The first-order chi connectivity index (χ1) is 9.69. The summed E-state index contributed by atoms with van der Waals surface area (Å²) >= 11 is 1.79. The smallest absolute Gasteiger partial charge is 0.328 e. The third-order valence-electron chi connectivity index (χ3n) is 2.39. The maximum Gasteiger partial charge on any atom is 0.328 e. The lowest BCUT2D eigenvalue weighted by Crippen LogP contribution is -2.04. The van der Waals surface area contributed by atoms with E-state index in [1.165, 1.54) is 6.08 Å². The molecule has 1 aromatic rings. The lowest BCUT2D eigenvalue weighted by atomic mass is 10.1. The monoisotopic (exact) mass is 296 g/mol. The van der Waals surface area contributed by atoms with E-state index in [9.17, 15) is 4.79 Å². The van der Waals surface area contributed by atoms with Crippen molar-refractivity contribution in [1.82, 2.24) is 0 Å². The predicted molar refractivity (Wildman–Crippen MR) is 82.8 cm³/mol. The quantitative estimate of drug-likeness (QED) is 0.559. The number of carboxylic acid groups (broad SMARTS) is 1. The Bertz CT molecular complexity index is 457. The average molecular weight is 296 g/mol. The van der Waals surface area contributed by atoms with Crippen molar-refractivity contribution in [3.05, 3.63) is 29.8 Å². The van der Waals surface area contributed by atoms with Crippen LogP contribution in [-0.4, -0.2) is 35.8 Å². The third kappa shape index (κ3) is 5.57. The molecule has 1 aromatic carbocycles. The number of hydrogen-bond donors (Lipinski definition) is 1. The lowest BCUT2D eigenvalue weighted by Gasteiger charge is -2.14. The van der Waals surface area contributed by atoms with Crippen molar-refractivity contribution in [1.29, 1.82) is 0 Å². The van der Waals surface area contributed by atoms with E-state index in [0.29, 0.717) is 30.3 Å². The summed E-state index contributed by atoms with van der Waals surface area (Å²) in [6.07, 6.45) is 2.62. The van der Waals surface area contributed by atoms with E-state index in [2.05, 4.69) is 6.92 Å². The normalized spacial score (nSPS) is 10.7. The largest absolute Gasteiger partial charge is 0.490 e. The van der Waals surface area contributed by atoms with Gasteiger partial charge < -0.3 is 14.6 Å². The molecule has 0 saturated carbocycles. The molecule has 110 valence electrons. The van der Waals surface area contributed by atoms with Crippen molar-refractivity contribution in [2.45, 2.75) is 13.8 Å². The topological polar surface area (TPSA) is 55.8 Å². The molecule has 20 heavy (non-hydrogen) atoms. The summed E-state index contributed by atoms with van der Waals surface area (Å²) in [5, 5.41) is 8.72. The van der Waals surface area contributed by atoms with E-state index in [4.69, 9.17) is 14.6 Å². The van der Waals surface area contributed by atoms with E-state index in [1.54, 1.807) is 11.8 Å². The van der Waals surface area contributed by atoms with Gasteiger partial charge in [0.15, 0.2) is 11.5 Å². The Morgan fingerprint density at radius 1 is 1.35 bits per heavy atom. The Hall–Kier alpha value is -1.62. The van der Waals surface area contributed by atoms with Gasteiger partial charge >= 0.3 is 5.97 Å². The fourth-order valence-corrected chi connectivity index (χ4v) is 2.09. The van der Waals surface area contributed by atoms with Crippen molar-refractivity contribution >= 4 is 23.8 Å². The molecule has 0 aliphatic rings. The summed E-state index contributed by atoms with van der Waals surface area (Å²) in [5.74, 6) is 2.19. The highest BCUT2D eigenvalue weighted by Crippen LogP contribution is 2.32. The zero-order valence-corrected chi connectivity index (χ0v) is 12.6. The number of thioether (sulfide) groups is 1. The maximum absolute atomic E-state index is 10.6. The minimum absolute atomic E-state index is 0.534. The number of hydrogen-bond acceptors (Lipinski definition) is 4. The van der Waals surface area contributed by atoms with Gasteiger partial charge in [-0.25, -0.2) is 4.79 Å². The summed E-state index contributed by atoms with van der Waals surface area (Å²) in [6.45, 7) is 5.10. The summed E-state index contributed by atoms with van der Waals surface area (Å²) in [6, 6.07) is 5.45. The van der Waals surface area contributed by atoms with Crippen LogP contribution in [0, 0.1) is 0 Å². The molecule has 0 aliphatic heterocycles. The molecule has 4 nitrogen and oxygen atoms in total. The fraction of sp³-hybridized carbons (Fsp3) is 0.400. The van der Waals surface area contributed by atoms with Gasteiger partial charge in [-0.2, -0.15) is 11.8 Å². The van der Waals surface area contributed by atoms with Crippen LogP contribution in [0.1, 0.15) is 19.4 Å². The van der Waals surface area contributed by atoms with E-state index in [0.717, 1.165) is 17.6 Å². The summed E-state index contributed by atoms with van der Waals surface area (Å²) in [7, 11) is 0. The van der Waals surface area contributed by atoms with Crippen LogP contribution in [0.15, 0.2) is 24.3 Å². The van der Waals surface area contributed by atoms with E-state index >= 15 is 0 Å². The van der Waals surface area contributed by atoms with Crippen molar-refractivity contribution in [2.24, 2.45) is 0 Å². The minimum Gasteiger partial charge on any atom is -0.490 e. The SMILES string of the molecule is CCOc1cccc(/C=C/C(=O)O)c1OCCSCC.